The van der Waals surface area contributed by atoms with E-state index in [1.54, 1.807) is 24.3 Å². The zero-order valence-corrected chi connectivity index (χ0v) is 13.1. The lowest BCUT2D eigenvalue weighted by atomic mass is 10.1. The van der Waals surface area contributed by atoms with E-state index in [2.05, 4.69) is 5.32 Å². The summed E-state index contributed by atoms with van der Waals surface area (Å²) in [6.07, 6.45) is 4.77. The van der Waals surface area contributed by atoms with Crippen LogP contribution in [-0.2, 0) is 4.79 Å². The lowest BCUT2D eigenvalue weighted by Gasteiger charge is -2.10. The normalized spacial score (nSPS) is 12.5. The Kier molecular flexibility index (Phi) is 4.35. The molecule has 1 aliphatic rings. The molecule has 116 valence electrons. The van der Waals surface area contributed by atoms with Gasteiger partial charge in [0.1, 0.15) is 0 Å². The Morgan fingerprint density at radius 2 is 2.00 bits per heavy atom. The molecule has 0 atom stereocenters. The molecule has 0 bridgehead atoms. The molecular formula is C18H14ClNO3. The molecule has 0 fully saturated rings. The van der Waals surface area contributed by atoms with Crippen molar-refractivity contribution in [2.75, 3.05) is 12.4 Å². The predicted molar refractivity (Wildman–Crippen MR) is 90.8 cm³/mol. The number of amides is 1. The Morgan fingerprint density at radius 1 is 1.22 bits per heavy atom. The lowest BCUT2D eigenvalue weighted by molar-refractivity contribution is -0.112. The number of anilines is 1. The van der Waals surface area contributed by atoms with Gasteiger partial charge in [-0.1, -0.05) is 29.8 Å². The van der Waals surface area contributed by atoms with E-state index in [1.165, 1.54) is 13.4 Å². The minimum absolute atomic E-state index is 0.233. The zero-order chi connectivity index (χ0) is 16.2. The minimum Gasteiger partial charge on any atom is -0.493 e. The highest BCUT2D eigenvalue weighted by atomic mass is 35.5. The van der Waals surface area contributed by atoms with Gasteiger partial charge in [0.2, 0.25) is 0 Å². The molecule has 23 heavy (non-hydrogen) atoms. The maximum absolute atomic E-state index is 12.4. The van der Waals surface area contributed by atoms with Crippen LogP contribution in [0.25, 0.3) is 6.08 Å². The molecule has 5 heteroatoms. The maximum atomic E-state index is 12.4. The smallest absolute Gasteiger partial charge is 0.255 e. The molecule has 1 aliphatic heterocycles. The molecular weight excluding hydrogens is 314 g/mol. The van der Waals surface area contributed by atoms with E-state index in [9.17, 15) is 4.79 Å². The molecule has 0 unspecified atom stereocenters. The molecule has 0 saturated heterocycles. The van der Waals surface area contributed by atoms with Crippen LogP contribution in [-0.4, -0.2) is 13.0 Å². The van der Waals surface area contributed by atoms with Crippen molar-refractivity contribution in [1.29, 1.82) is 0 Å². The van der Waals surface area contributed by atoms with Gasteiger partial charge in [-0.2, -0.15) is 0 Å². The highest BCUT2D eigenvalue weighted by Gasteiger charge is 2.16. The number of carbonyl (C=O) groups excluding carboxylic acids is 1. The average molecular weight is 328 g/mol. The predicted octanol–water partition coefficient (Wildman–Crippen LogP) is 4.28. The molecule has 1 heterocycles. The second-order valence-electron chi connectivity index (χ2n) is 4.87. The number of carbonyl (C=O) groups is 1. The Morgan fingerprint density at radius 3 is 2.74 bits per heavy atom. The summed E-state index contributed by atoms with van der Waals surface area (Å²) in [6, 6.07) is 12.6. The van der Waals surface area contributed by atoms with Crippen molar-refractivity contribution >= 4 is 29.3 Å². The molecule has 0 aromatic heterocycles. The lowest BCUT2D eigenvalue weighted by Crippen LogP contribution is -2.12. The summed E-state index contributed by atoms with van der Waals surface area (Å²) in [4.78, 5) is 12.4. The van der Waals surface area contributed by atoms with E-state index in [1.807, 2.05) is 30.3 Å². The van der Waals surface area contributed by atoms with Crippen LogP contribution in [0, 0.1) is 0 Å². The summed E-state index contributed by atoms with van der Waals surface area (Å²) in [7, 11) is 1.54. The van der Waals surface area contributed by atoms with Crippen molar-refractivity contribution < 1.29 is 14.3 Å². The van der Waals surface area contributed by atoms with Gasteiger partial charge >= 0.3 is 0 Å². The van der Waals surface area contributed by atoms with Crippen molar-refractivity contribution in [1.82, 2.24) is 0 Å². The van der Waals surface area contributed by atoms with Crippen LogP contribution in [0.15, 0.2) is 60.4 Å². The van der Waals surface area contributed by atoms with Gasteiger partial charge in [-0.3, -0.25) is 4.79 Å². The van der Waals surface area contributed by atoms with E-state index in [0.717, 1.165) is 5.69 Å². The first-order valence-corrected chi connectivity index (χ1v) is 7.34. The largest absolute Gasteiger partial charge is 0.493 e. The summed E-state index contributed by atoms with van der Waals surface area (Å²) < 4.78 is 10.8. The van der Waals surface area contributed by atoms with Gasteiger partial charge in [-0.15, -0.1) is 0 Å². The fourth-order valence-electron chi connectivity index (χ4n) is 2.23. The van der Waals surface area contributed by atoms with Crippen LogP contribution in [0.2, 0.25) is 5.02 Å². The first-order chi connectivity index (χ1) is 11.2. The third-order valence-electron chi connectivity index (χ3n) is 3.31. The van der Waals surface area contributed by atoms with Crippen LogP contribution in [0.1, 0.15) is 5.56 Å². The second-order valence-corrected chi connectivity index (χ2v) is 5.30. The quantitative estimate of drug-likeness (QED) is 0.915. The summed E-state index contributed by atoms with van der Waals surface area (Å²) in [5.41, 5.74) is 1.86. The topological polar surface area (TPSA) is 47.6 Å². The second kappa shape index (κ2) is 6.58. The van der Waals surface area contributed by atoms with Gasteiger partial charge < -0.3 is 14.8 Å². The van der Waals surface area contributed by atoms with E-state index in [4.69, 9.17) is 21.1 Å². The fourth-order valence-corrected chi connectivity index (χ4v) is 2.45. The van der Waals surface area contributed by atoms with Crippen LogP contribution < -0.4 is 14.8 Å². The summed E-state index contributed by atoms with van der Waals surface area (Å²) in [5.74, 6) is 0.802. The van der Waals surface area contributed by atoms with Crippen LogP contribution in [0.3, 0.4) is 0 Å². The molecule has 4 nitrogen and oxygen atoms in total. The Labute approximate surface area is 139 Å². The van der Waals surface area contributed by atoms with Crippen LogP contribution >= 0.6 is 11.6 Å². The van der Waals surface area contributed by atoms with E-state index >= 15 is 0 Å². The Balaban J connectivity index is 1.94. The molecule has 1 N–H and O–H groups in total. The van der Waals surface area contributed by atoms with Crippen LogP contribution in [0.5, 0.6) is 11.5 Å². The number of rotatable bonds is 3. The first-order valence-electron chi connectivity index (χ1n) is 6.96. The third kappa shape index (κ3) is 3.38. The average Bonchev–Trinajstić information content (AvgIpc) is 2.77. The molecule has 0 spiro atoms. The first kappa shape index (κ1) is 15.2. The monoisotopic (exact) mass is 327 g/mol. The summed E-state index contributed by atoms with van der Waals surface area (Å²) in [5, 5.41) is 3.34. The summed E-state index contributed by atoms with van der Waals surface area (Å²) in [6.45, 7) is 0. The Hall–Kier alpha value is -2.72. The number of fused-ring (bicyclic) bond motifs is 1. The highest BCUT2D eigenvalue weighted by molar-refractivity contribution is 6.31. The SMILES string of the molecule is COc1cc(Cl)cc2c1OC=CC(C(=O)Nc1ccccc1)=C2. The number of methoxy groups -OCH3 is 1. The molecule has 3 rings (SSSR count). The fraction of sp³-hybridized carbons (Fsp3) is 0.0556. The highest BCUT2D eigenvalue weighted by Crippen LogP contribution is 2.37. The standard InChI is InChI=1S/C18H14ClNO3/c1-22-16-11-14(19)10-13-9-12(7-8-23-17(13)16)18(21)20-15-5-3-2-4-6-15/h2-11H,1H3,(H,20,21). The third-order valence-corrected chi connectivity index (χ3v) is 3.52. The number of ether oxygens (including phenoxy) is 2. The van der Waals surface area contributed by atoms with Crippen molar-refractivity contribution in [2.45, 2.75) is 0 Å². The molecule has 1 amide bonds. The number of nitrogens with one attached hydrogen (secondary N) is 1. The van der Waals surface area contributed by atoms with Gasteiger partial charge in [-0.25, -0.2) is 0 Å². The summed E-state index contributed by atoms with van der Waals surface area (Å²) >= 11 is 6.09. The Bertz CT molecular complexity index is 797. The molecule has 0 aliphatic carbocycles. The zero-order valence-electron chi connectivity index (χ0n) is 12.4. The van der Waals surface area contributed by atoms with E-state index < -0.39 is 0 Å². The maximum Gasteiger partial charge on any atom is 0.255 e. The number of benzene rings is 2. The molecule has 0 saturated carbocycles. The number of hydrogen-bond acceptors (Lipinski definition) is 3. The van der Waals surface area contributed by atoms with Gasteiger partial charge in [-0.05, 0) is 30.4 Å². The molecule has 2 aromatic carbocycles. The van der Waals surface area contributed by atoms with Crippen LogP contribution in [0.4, 0.5) is 5.69 Å². The minimum atomic E-state index is -0.233. The van der Waals surface area contributed by atoms with Crippen molar-refractivity contribution in [3.05, 3.63) is 71.0 Å². The number of hydrogen-bond donors (Lipinski definition) is 1. The van der Waals surface area contributed by atoms with Crippen molar-refractivity contribution in [3.8, 4) is 11.5 Å². The van der Waals surface area contributed by atoms with Crippen molar-refractivity contribution in [3.63, 3.8) is 0 Å². The molecule has 0 radical (unpaired) electrons. The van der Waals surface area contributed by atoms with Gasteiger partial charge in [0.25, 0.3) is 5.91 Å². The number of halogens is 1. The van der Waals surface area contributed by atoms with Crippen molar-refractivity contribution in [2.24, 2.45) is 0 Å². The van der Waals surface area contributed by atoms with E-state index in [0.29, 0.717) is 27.7 Å². The number of para-hydroxylation sites is 1. The van der Waals surface area contributed by atoms with Gasteiger partial charge in [0, 0.05) is 27.9 Å². The van der Waals surface area contributed by atoms with Gasteiger partial charge in [0.15, 0.2) is 11.5 Å². The van der Waals surface area contributed by atoms with E-state index in [-0.39, 0.29) is 5.91 Å². The van der Waals surface area contributed by atoms with Gasteiger partial charge in [0.05, 0.1) is 13.4 Å². The molecule has 2 aromatic rings.